The van der Waals surface area contributed by atoms with Crippen LogP contribution < -0.4 is 10.1 Å². The molecule has 0 unspecified atom stereocenters. The lowest BCUT2D eigenvalue weighted by atomic mass is 10.0. The fraction of sp³-hybridized carbons (Fsp3) is 0.381. The fourth-order valence-electron chi connectivity index (χ4n) is 3.60. The van der Waals surface area contributed by atoms with E-state index in [9.17, 15) is 0 Å². The molecule has 7 heteroatoms. The van der Waals surface area contributed by atoms with Crippen LogP contribution in [-0.4, -0.2) is 46.6 Å². The van der Waals surface area contributed by atoms with E-state index in [0.717, 1.165) is 42.6 Å². The molecule has 1 fully saturated rings. The number of methoxy groups -OCH3 is 1. The molecule has 3 heterocycles. The minimum Gasteiger partial charge on any atom is -0.497 e. The zero-order valence-corrected chi connectivity index (χ0v) is 16.9. The minimum atomic E-state index is 0.341. The summed E-state index contributed by atoms with van der Waals surface area (Å²) in [7, 11) is 1.72. The number of hydrogen-bond donors (Lipinski definition) is 1. The van der Waals surface area contributed by atoms with Crippen molar-refractivity contribution in [3.05, 3.63) is 59.4 Å². The summed E-state index contributed by atoms with van der Waals surface area (Å²) in [6.45, 7) is 3.91. The molecule has 0 amide bonds. The Balaban J connectivity index is 1.41. The van der Waals surface area contributed by atoms with Crippen LogP contribution in [0.25, 0.3) is 10.8 Å². The predicted octanol–water partition coefficient (Wildman–Crippen LogP) is 3.54. The average Bonchev–Trinajstić information content (AvgIpc) is 3.44. The van der Waals surface area contributed by atoms with Gasteiger partial charge in [-0.2, -0.15) is 0 Å². The maximum atomic E-state index is 5.43. The Kier molecular flexibility index (Phi) is 6.26. The summed E-state index contributed by atoms with van der Waals surface area (Å²) < 4.78 is 5.43. The monoisotopic (exact) mass is 395 g/mol. The van der Waals surface area contributed by atoms with Gasteiger partial charge in [0, 0.05) is 36.9 Å². The molecule has 1 N–H and O–H groups in total. The number of nitrogens with one attached hydrogen (secondary N) is 1. The van der Waals surface area contributed by atoms with Gasteiger partial charge in [-0.15, -0.1) is 11.3 Å². The predicted molar refractivity (Wildman–Crippen MR) is 111 cm³/mol. The molecule has 0 bridgehead atoms. The molecule has 1 aromatic carbocycles. The van der Waals surface area contributed by atoms with Gasteiger partial charge in [0.1, 0.15) is 5.75 Å². The highest BCUT2D eigenvalue weighted by molar-refractivity contribution is 7.13. The minimum absolute atomic E-state index is 0.341. The molecule has 2 aromatic heterocycles. The topological polar surface area (TPSA) is 63.2 Å². The highest BCUT2D eigenvalue weighted by Crippen LogP contribution is 2.27. The third-order valence-electron chi connectivity index (χ3n) is 5.01. The molecular weight excluding hydrogens is 370 g/mol. The Morgan fingerprint density at radius 2 is 2.00 bits per heavy atom. The van der Waals surface area contributed by atoms with Crippen LogP contribution in [0, 0.1) is 0 Å². The number of nitrogens with zero attached hydrogens (tertiary/aromatic N) is 4. The summed E-state index contributed by atoms with van der Waals surface area (Å²) in [5.41, 5.74) is 2.32. The first-order valence-corrected chi connectivity index (χ1v) is 10.5. The lowest BCUT2D eigenvalue weighted by molar-refractivity contribution is 0.237. The van der Waals surface area contributed by atoms with Crippen LogP contribution >= 0.6 is 11.3 Å². The Bertz CT molecular complexity index is 879. The van der Waals surface area contributed by atoms with E-state index in [1.54, 1.807) is 30.8 Å². The van der Waals surface area contributed by atoms with Crippen LogP contribution in [0.4, 0.5) is 0 Å². The van der Waals surface area contributed by atoms with Gasteiger partial charge in [0.25, 0.3) is 0 Å². The number of ether oxygens (including phenoxy) is 1. The number of benzene rings is 1. The first-order valence-electron chi connectivity index (χ1n) is 9.64. The molecule has 28 heavy (non-hydrogen) atoms. The van der Waals surface area contributed by atoms with E-state index >= 15 is 0 Å². The standard InChI is InChI=1S/C21H25N5OS/c1-27-18-7-4-6-16(12-18)19(26-10-2-3-11-26)14-22-13-17-15-28-21(25-17)20-23-8-5-9-24-20/h4-9,12,15,19,22H,2-3,10-11,13-14H2,1H3/t19-/m0/s1. The molecule has 0 radical (unpaired) electrons. The van der Waals surface area contributed by atoms with E-state index in [0.29, 0.717) is 11.9 Å². The van der Waals surface area contributed by atoms with Crippen LogP contribution in [0.2, 0.25) is 0 Å². The SMILES string of the molecule is COc1cccc([C@H](CNCc2csc(-c3ncccn3)n2)N2CCCC2)c1. The first-order chi connectivity index (χ1) is 13.8. The molecule has 4 rings (SSSR count). The maximum absolute atomic E-state index is 5.43. The lowest BCUT2D eigenvalue weighted by Crippen LogP contribution is -2.34. The Labute approximate surface area is 169 Å². The molecule has 146 valence electrons. The third kappa shape index (κ3) is 4.55. The van der Waals surface area contributed by atoms with E-state index < -0.39 is 0 Å². The number of likely N-dealkylation sites (tertiary alicyclic amines) is 1. The second-order valence-electron chi connectivity index (χ2n) is 6.88. The summed E-state index contributed by atoms with van der Waals surface area (Å²) in [5, 5.41) is 6.54. The highest BCUT2D eigenvalue weighted by atomic mass is 32.1. The molecule has 1 aliphatic rings. The molecular formula is C21H25N5OS. The van der Waals surface area contributed by atoms with Crippen molar-refractivity contribution in [1.82, 2.24) is 25.2 Å². The number of aromatic nitrogens is 3. The Morgan fingerprint density at radius 1 is 1.18 bits per heavy atom. The summed E-state index contributed by atoms with van der Waals surface area (Å²) in [6, 6.07) is 10.6. The van der Waals surface area contributed by atoms with Gasteiger partial charge in [0.15, 0.2) is 10.8 Å². The van der Waals surface area contributed by atoms with Gasteiger partial charge in [0.2, 0.25) is 0 Å². The van der Waals surface area contributed by atoms with Crippen molar-refractivity contribution >= 4 is 11.3 Å². The Hall–Kier alpha value is -2.35. The summed E-state index contributed by atoms with van der Waals surface area (Å²) in [5.74, 6) is 1.60. The second kappa shape index (κ2) is 9.23. The van der Waals surface area contributed by atoms with Crippen molar-refractivity contribution in [1.29, 1.82) is 0 Å². The average molecular weight is 396 g/mol. The summed E-state index contributed by atoms with van der Waals surface area (Å²) >= 11 is 1.59. The van der Waals surface area contributed by atoms with Crippen molar-refractivity contribution in [3.63, 3.8) is 0 Å². The van der Waals surface area contributed by atoms with Crippen molar-refractivity contribution in [2.75, 3.05) is 26.7 Å². The van der Waals surface area contributed by atoms with E-state index in [1.165, 1.54) is 18.4 Å². The molecule has 6 nitrogen and oxygen atoms in total. The van der Waals surface area contributed by atoms with Crippen LogP contribution in [-0.2, 0) is 6.54 Å². The van der Waals surface area contributed by atoms with Gasteiger partial charge in [-0.05, 0) is 49.7 Å². The third-order valence-corrected chi connectivity index (χ3v) is 5.90. The van der Waals surface area contributed by atoms with E-state index in [-0.39, 0.29) is 0 Å². The lowest BCUT2D eigenvalue weighted by Gasteiger charge is -2.28. The normalized spacial score (nSPS) is 15.6. The highest BCUT2D eigenvalue weighted by Gasteiger charge is 2.23. The van der Waals surface area contributed by atoms with Crippen molar-refractivity contribution in [2.45, 2.75) is 25.4 Å². The summed E-state index contributed by atoms with van der Waals surface area (Å²) in [6.07, 6.45) is 6.03. The van der Waals surface area contributed by atoms with Gasteiger partial charge in [0.05, 0.1) is 12.8 Å². The number of rotatable bonds is 8. The van der Waals surface area contributed by atoms with Gasteiger partial charge < -0.3 is 10.1 Å². The molecule has 1 atom stereocenters. The number of hydrogen-bond acceptors (Lipinski definition) is 7. The Morgan fingerprint density at radius 3 is 2.79 bits per heavy atom. The molecule has 0 aliphatic carbocycles. The number of thiazole rings is 1. The maximum Gasteiger partial charge on any atom is 0.188 e. The fourth-order valence-corrected chi connectivity index (χ4v) is 4.36. The summed E-state index contributed by atoms with van der Waals surface area (Å²) in [4.78, 5) is 15.8. The van der Waals surface area contributed by atoms with Crippen LogP contribution in [0.15, 0.2) is 48.1 Å². The van der Waals surface area contributed by atoms with Gasteiger partial charge in [-0.1, -0.05) is 12.1 Å². The van der Waals surface area contributed by atoms with E-state index in [1.807, 2.05) is 12.1 Å². The molecule has 0 saturated carbocycles. The van der Waals surface area contributed by atoms with Crippen molar-refractivity contribution in [3.8, 4) is 16.6 Å². The molecule has 1 saturated heterocycles. The van der Waals surface area contributed by atoms with Gasteiger partial charge in [-0.3, -0.25) is 4.90 Å². The van der Waals surface area contributed by atoms with E-state index in [4.69, 9.17) is 4.74 Å². The zero-order valence-electron chi connectivity index (χ0n) is 16.0. The van der Waals surface area contributed by atoms with Crippen molar-refractivity contribution < 1.29 is 4.74 Å². The largest absolute Gasteiger partial charge is 0.497 e. The molecule has 1 aliphatic heterocycles. The second-order valence-corrected chi connectivity index (χ2v) is 7.74. The van der Waals surface area contributed by atoms with Crippen LogP contribution in [0.3, 0.4) is 0 Å². The van der Waals surface area contributed by atoms with Gasteiger partial charge in [-0.25, -0.2) is 15.0 Å². The first kappa shape index (κ1) is 19.0. The molecule has 3 aromatic rings. The molecule has 0 spiro atoms. The zero-order chi connectivity index (χ0) is 19.2. The van der Waals surface area contributed by atoms with E-state index in [2.05, 4.69) is 48.7 Å². The quantitative estimate of drug-likeness (QED) is 0.629. The van der Waals surface area contributed by atoms with Gasteiger partial charge >= 0.3 is 0 Å². The van der Waals surface area contributed by atoms with Crippen molar-refractivity contribution in [2.24, 2.45) is 0 Å². The van der Waals surface area contributed by atoms with Crippen LogP contribution in [0.5, 0.6) is 5.75 Å². The van der Waals surface area contributed by atoms with Crippen LogP contribution in [0.1, 0.15) is 30.1 Å². The smallest absolute Gasteiger partial charge is 0.188 e.